The van der Waals surface area contributed by atoms with Crippen LogP contribution in [-0.2, 0) is 17.8 Å². The lowest BCUT2D eigenvalue weighted by molar-refractivity contribution is -0.145. The molecule has 0 aliphatic carbocycles. The fourth-order valence-electron chi connectivity index (χ4n) is 4.79. The summed E-state index contributed by atoms with van der Waals surface area (Å²) in [4.78, 5) is 30.5. The number of nitrogens with zero attached hydrogens (tertiary/aromatic N) is 2. The Morgan fingerprint density at radius 1 is 0.974 bits per heavy atom. The number of carbonyl (C=O) groups is 1. The number of carboxylic acids is 1. The van der Waals surface area contributed by atoms with E-state index in [1.165, 1.54) is 0 Å². The van der Waals surface area contributed by atoms with Crippen LogP contribution in [0.4, 0.5) is 0 Å². The third kappa shape index (κ3) is 5.16. The highest BCUT2D eigenvalue weighted by Gasteiger charge is 2.24. The van der Waals surface area contributed by atoms with Crippen LogP contribution in [-0.4, -0.2) is 20.6 Å². The second-order valence-corrected chi connectivity index (χ2v) is 9.59. The van der Waals surface area contributed by atoms with Gasteiger partial charge in [-0.05, 0) is 53.9 Å². The van der Waals surface area contributed by atoms with Crippen molar-refractivity contribution in [3.05, 3.63) is 118 Å². The average molecular weight is 507 g/mol. The first-order valence-electron chi connectivity index (χ1n) is 12.9. The fraction of sp³-hybridized carbons (Fsp3) is 0.219. The summed E-state index contributed by atoms with van der Waals surface area (Å²) in [7, 11) is 0. The molecule has 1 atom stereocenters. The molecule has 192 valence electrons. The molecule has 0 saturated carbocycles. The number of hydrogen-bond donors (Lipinski definition) is 1. The summed E-state index contributed by atoms with van der Waals surface area (Å²) in [5, 5.41) is 12.4. The number of rotatable bonds is 9. The maximum atomic E-state index is 13.5. The van der Waals surface area contributed by atoms with Crippen molar-refractivity contribution in [1.29, 1.82) is 0 Å². The minimum atomic E-state index is -1.15. The first kappa shape index (κ1) is 25.2. The van der Waals surface area contributed by atoms with Gasteiger partial charge in [0.25, 0.3) is 5.56 Å². The number of ether oxygens (including phenoxy) is 1. The molecule has 38 heavy (non-hydrogen) atoms. The second-order valence-electron chi connectivity index (χ2n) is 9.59. The van der Waals surface area contributed by atoms with Crippen molar-refractivity contribution in [1.82, 2.24) is 9.55 Å². The smallest absolute Gasteiger partial charge is 0.349 e. The van der Waals surface area contributed by atoms with Gasteiger partial charge in [0.2, 0.25) is 6.10 Å². The lowest BCUT2D eigenvalue weighted by Crippen LogP contribution is -2.26. The van der Waals surface area contributed by atoms with Gasteiger partial charge in [-0.1, -0.05) is 79.6 Å². The summed E-state index contributed by atoms with van der Waals surface area (Å²) in [5.74, 6) is 0.158. The van der Waals surface area contributed by atoms with E-state index in [1.807, 2.05) is 73.7 Å². The Balaban J connectivity index is 1.44. The van der Waals surface area contributed by atoms with Crippen LogP contribution in [0.1, 0.15) is 48.4 Å². The monoisotopic (exact) mass is 506 g/mol. The molecule has 0 saturated heterocycles. The van der Waals surface area contributed by atoms with Crippen LogP contribution in [0.3, 0.4) is 0 Å². The third-order valence-corrected chi connectivity index (χ3v) is 6.79. The zero-order valence-corrected chi connectivity index (χ0v) is 21.6. The number of unbranched alkanes of at least 4 members (excludes halogenated alkanes) is 1. The van der Waals surface area contributed by atoms with Crippen LogP contribution in [0.2, 0.25) is 0 Å². The Kier molecular flexibility index (Phi) is 7.22. The summed E-state index contributed by atoms with van der Waals surface area (Å²) < 4.78 is 7.72. The van der Waals surface area contributed by atoms with E-state index in [-0.39, 0.29) is 5.56 Å². The molecule has 0 aliphatic rings. The molecule has 0 radical (unpaired) electrons. The number of aryl methyl sites for hydroxylation is 2. The molecule has 6 heteroatoms. The Morgan fingerprint density at radius 2 is 1.74 bits per heavy atom. The van der Waals surface area contributed by atoms with Crippen molar-refractivity contribution in [2.24, 2.45) is 0 Å². The summed E-state index contributed by atoms with van der Waals surface area (Å²) in [6, 6.07) is 26.3. The fourth-order valence-corrected chi connectivity index (χ4v) is 4.79. The molecule has 5 aromatic rings. The SMILES string of the molecule is CCCCc1nc2ccc(C)cc2c(=O)n1Cc1ccc(OC(C(=O)O)c2cccc3ccccc23)cc1. The quantitative estimate of drug-likeness (QED) is 0.248. The van der Waals surface area contributed by atoms with E-state index in [4.69, 9.17) is 9.72 Å². The minimum absolute atomic E-state index is 0.0490. The molecule has 1 unspecified atom stereocenters. The minimum Gasteiger partial charge on any atom is -0.478 e. The van der Waals surface area contributed by atoms with E-state index in [2.05, 4.69) is 6.92 Å². The number of hydrogen-bond acceptors (Lipinski definition) is 4. The zero-order chi connectivity index (χ0) is 26.6. The number of benzene rings is 4. The molecule has 0 aliphatic heterocycles. The Bertz CT molecular complexity index is 1670. The van der Waals surface area contributed by atoms with E-state index < -0.39 is 12.1 Å². The Morgan fingerprint density at radius 3 is 2.50 bits per heavy atom. The molecule has 5 rings (SSSR count). The first-order valence-corrected chi connectivity index (χ1v) is 12.9. The number of carboxylic acid groups (broad SMARTS) is 1. The molecular formula is C32H30N2O4. The van der Waals surface area contributed by atoms with Crippen molar-refractivity contribution in [2.45, 2.75) is 45.8 Å². The predicted octanol–water partition coefficient (Wildman–Crippen LogP) is 6.45. The van der Waals surface area contributed by atoms with Crippen molar-refractivity contribution in [3.8, 4) is 5.75 Å². The van der Waals surface area contributed by atoms with E-state index in [9.17, 15) is 14.7 Å². The Labute approximate surface area is 221 Å². The lowest BCUT2D eigenvalue weighted by Gasteiger charge is -2.18. The second kappa shape index (κ2) is 10.9. The molecule has 0 amide bonds. The van der Waals surface area contributed by atoms with Gasteiger partial charge >= 0.3 is 5.97 Å². The largest absolute Gasteiger partial charge is 0.478 e. The van der Waals surface area contributed by atoms with Gasteiger partial charge in [0, 0.05) is 12.0 Å². The normalized spacial score (nSPS) is 12.1. The highest BCUT2D eigenvalue weighted by molar-refractivity contribution is 5.90. The molecule has 0 spiro atoms. The summed E-state index contributed by atoms with van der Waals surface area (Å²) in [5.41, 5.74) is 3.20. The van der Waals surface area contributed by atoms with E-state index in [1.54, 1.807) is 22.8 Å². The summed E-state index contributed by atoms with van der Waals surface area (Å²) >= 11 is 0. The molecule has 1 N–H and O–H groups in total. The van der Waals surface area contributed by atoms with Gasteiger partial charge in [-0.3, -0.25) is 9.36 Å². The van der Waals surface area contributed by atoms with Gasteiger partial charge in [0.05, 0.1) is 17.4 Å². The standard InChI is InChI=1S/C32H30N2O4/c1-3-4-12-29-33-28-18-13-21(2)19-27(28)31(35)34(29)20-22-14-16-24(17-15-22)38-30(32(36)37)26-11-7-9-23-8-5-6-10-25(23)26/h5-11,13-19,30H,3-4,12,20H2,1-2H3,(H,36,37). The first-order chi connectivity index (χ1) is 18.4. The van der Waals surface area contributed by atoms with Crippen LogP contribution in [0.5, 0.6) is 5.75 Å². The van der Waals surface area contributed by atoms with Crippen molar-refractivity contribution in [3.63, 3.8) is 0 Å². The van der Waals surface area contributed by atoms with Crippen LogP contribution in [0, 0.1) is 6.92 Å². The average Bonchev–Trinajstić information content (AvgIpc) is 2.93. The maximum Gasteiger partial charge on any atom is 0.349 e. The maximum absolute atomic E-state index is 13.5. The number of aliphatic carboxylic acids is 1. The molecule has 0 fully saturated rings. The molecular weight excluding hydrogens is 476 g/mol. The van der Waals surface area contributed by atoms with Crippen LogP contribution in [0.25, 0.3) is 21.7 Å². The van der Waals surface area contributed by atoms with E-state index >= 15 is 0 Å². The van der Waals surface area contributed by atoms with Gasteiger partial charge in [-0.2, -0.15) is 0 Å². The zero-order valence-electron chi connectivity index (χ0n) is 21.6. The van der Waals surface area contributed by atoms with Crippen molar-refractivity contribution >= 4 is 27.6 Å². The third-order valence-electron chi connectivity index (χ3n) is 6.79. The van der Waals surface area contributed by atoms with Gasteiger partial charge in [0.1, 0.15) is 11.6 Å². The highest BCUT2D eigenvalue weighted by Crippen LogP contribution is 2.29. The van der Waals surface area contributed by atoms with E-state index in [0.29, 0.717) is 23.2 Å². The van der Waals surface area contributed by atoms with Crippen LogP contribution < -0.4 is 10.3 Å². The predicted molar refractivity (Wildman–Crippen MR) is 150 cm³/mol. The van der Waals surface area contributed by atoms with Crippen LogP contribution >= 0.6 is 0 Å². The van der Waals surface area contributed by atoms with Gasteiger partial charge in [0.15, 0.2) is 0 Å². The Hall–Kier alpha value is -4.45. The highest BCUT2D eigenvalue weighted by atomic mass is 16.5. The summed E-state index contributed by atoms with van der Waals surface area (Å²) in [6.45, 7) is 4.46. The van der Waals surface area contributed by atoms with E-state index in [0.717, 1.165) is 52.5 Å². The lowest BCUT2D eigenvalue weighted by atomic mass is 10.0. The summed E-state index contributed by atoms with van der Waals surface area (Å²) in [6.07, 6.45) is 1.53. The van der Waals surface area contributed by atoms with Gasteiger partial charge in [-0.25, -0.2) is 9.78 Å². The molecule has 0 bridgehead atoms. The molecule has 4 aromatic carbocycles. The van der Waals surface area contributed by atoms with Gasteiger partial charge < -0.3 is 9.84 Å². The molecule has 1 aromatic heterocycles. The molecule has 6 nitrogen and oxygen atoms in total. The van der Waals surface area contributed by atoms with Crippen molar-refractivity contribution in [2.75, 3.05) is 0 Å². The topological polar surface area (TPSA) is 81.4 Å². The molecule has 1 heterocycles. The van der Waals surface area contributed by atoms with Gasteiger partial charge in [-0.15, -0.1) is 0 Å². The number of aromatic nitrogens is 2. The van der Waals surface area contributed by atoms with Crippen LogP contribution in [0.15, 0.2) is 89.7 Å². The number of fused-ring (bicyclic) bond motifs is 2. The van der Waals surface area contributed by atoms with Crippen molar-refractivity contribution < 1.29 is 14.6 Å².